The second-order valence-corrected chi connectivity index (χ2v) is 3.10. The number of alkyl halides is 3. The summed E-state index contributed by atoms with van der Waals surface area (Å²) in [6.07, 6.45) is -4.20. The Morgan fingerprint density at radius 1 is 1.33 bits per heavy atom. The zero-order chi connectivity index (χ0) is 11.3. The topological polar surface area (TPSA) is 21.3 Å². The lowest BCUT2D eigenvalue weighted by atomic mass is 10.2. The summed E-state index contributed by atoms with van der Waals surface area (Å²) >= 11 is 0. The molecule has 0 spiro atoms. The van der Waals surface area contributed by atoms with E-state index >= 15 is 0 Å². The number of anilines is 1. The number of hydrogen-bond acceptors (Lipinski definition) is 2. The highest BCUT2D eigenvalue weighted by molar-refractivity contribution is 5.45. The standard InChI is InChI=1S/C10H12F3NO/c1-15-6-8-3-2-4-9(5-8)14-7-10(11,12)13/h2-5,14H,6-7H2,1H3. The van der Waals surface area contributed by atoms with Crippen molar-refractivity contribution >= 4 is 5.69 Å². The average molecular weight is 219 g/mol. The molecule has 0 radical (unpaired) electrons. The van der Waals surface area contributed by atoms with E-state index in [1.807, 2.05) is 0 Å². The van der Waals surface area contributed by atoms with Gasteiger partial charge in [-0.25, -0.2) is 0 Å². The van der Waals surface area contributed by atoms with Crippen LogP contribution in [0.3, 0.4) is 0 Å². The number of ether oxygens (including phenoxy) is 1. The van der Waals surface area contributed by atoms with Crippen molar-refractivity contribution in [1.29, 1.82) is 0 Å². The minimum absolute atomic E-state index is 0.390. The number of benzene rings is 1. The number of rotatable bonds is 4. The van der Waals surface area contributed by atoms with Gasteiger partial charge in [0.05, 0.1) is 6.61 Å². The Hall–Kier alpha value is -1.23. The van der Waals surface area contributed by atoms with Crippen LogP contribution < -0.4 is 5.32 Å². The molecule has 5 heteroatoms. The fourth-order valence-corrected chi connectivity index (χ4v) is 1.14. The number of halogens is 3. The van der Waals surface area contributed by atoms with Crippen molar-refractivity contribution in [1.82, 2.24) is 0 Å². The van der Waals surface area contributed by atoms with Crippen molar-refractivity contribution in [3.05, 3.63) is 29.8 Å². The number of methoxy groups -OCH3 is 1. The third-order valence-corrected chi connectivity index (χ3v) is 1.73. The normalized spacial score (nSPS) is 11.5. The zero-order valence-electron chi connectivity index (χ0n) is 8.27. The molecule has 2 nitrogen and oxygen atoms in total. The lowest BCUT2D eigenvalue weighted by Gasteiger charge is -2.10. The van der Waals surface area contributed by atoms with E-state index in [9.17, 15) is 13.2 Å². The lowest BCUT2D eigenvalue weighted by Crippen LogP contribution is -2.21. The first-order chi connectivity index (χ1) is 7.01. The molecule has 0 bridgehead atoms. The third-order valence-electron chi connectivity index (χ3n) is 1.73. The van der Waals surface area contributed by atoms with Gasteiger partial charge >= 0.3 is 6.18 Å². The van der Waals surface area contributed by atoms with Crippen LogP contribution in [-0.4, -0.2) is 19.8 Å². The highest BCUT2D eigenvalue weighted by Gasteiger charge is 2.26. The van der Waals surface area contributed by atoms with Gasteiger partial charge in [0, 0.05) is 12.8 Å². The van der Waals surface area contributed by atoms with E-state index in [1.165, 1.54) is 7.11 Å². The smallest absolute Gasteiger partial charge is 0.380 e. The van der Waals surface area contributed by atoms with Crippen LogP contribution in [0.5, 0.6) is 0 Å². The van der Waals surface area contributed by atoms with Gasteiger partial charge in [-0.15, -0.1) is 0 Å². The molecule has 0 heterocycles. The summed E-state index contributed by atoms with van der Waals surface area (Å²) in [7, 11) is 1.54. The molecule has 0 aliphatic rings. The van der Waals surface area contributed by atoms with E-state index in [4.69, 9.17) is 4.74 Å². The molecule has 0 fully saturated rings. The van der Waals surface area contributed by atoms with Crippen molar-refractivity contribution in [2.45, 2.75) is 12.8 Å². The van der Waals surface area contributed by atoms with Crippen molar-refractivity contribution in [2.75, 3.05) is 19.0 Å². The van der Waals surface area contributed by atoms with Gasteiger partial charge < -0.3 is 10.1 Å². The Balaban J connectivity index is 2.57. The molecule has 84 valence electrons. The Labute approximate surface area is 86.1 Å². The van der Waals surface area contributed by atoms with Gasteiger partial charge in [0.2, 0.25) is 0 Å². The Kier molecular flexibility index (Phi) is 3.96. The van der Waals surface area contributed by atoms with E-state index in [0.717, 1.165) is 5.56 Å². The van der Waals surface area contributed by atoms with E-state index in [1.54, 1.807) is 24.3 Å². The molecule has 15 heavy (non-hydrogen) atoms. The van der Waals surface area contributed by atoms with Crippen LogP contribution >= 0.6 is 0 Å². The molecule has 0 saturated carbocycles. The van der Waals surface area contributed by atoms with Crippen LogP contribution in [0.25, 0.3) is 0 Å². The molecular formula is C10H12F3NO. The molecule has 0 atom stereocenters. The van der Waals surface area contributed by atoms with Crippen LogP contribution in [0.2, 0.25) is 0 Å². The van der Waals surface area contributed by atoms with Gasteiger partial charge in [0.15, 0.2) is 0 Å². The minimum Gasteiger partial charge on any atom is -0.380 e. The van der Waals surface area contributed by atoms with Crippen LogP contribution in [0.1, 0.15) is 5.56 Å². The first-order valence-corrected chi connectivity index (χ1v) is 4.40. The summed E-state index contributed by atoms with van der Waals surface area (Å²) in [5.41, 5.74) is 1.28. The minimum atomic E-state index is -4.20. The van der Waals surface area contributed by atoms with Crippen LogP contribution in [-0.2, 0) is 11.3 Å². The Bertz CT molecular complexity index is 312. The molecule has 1 rings (SSSR count). The first kappa shape index (κ1) is 11.8. The van der Waals surface area contributed by atoms with E-state index in [0.29, 0.717) is 12.3 Å². The van der Waals surface area contributed by atoms with Crippen LogP contribution in [0.4, 0.5) is 18.9 Å². The monoisotopic (exact) mass is 219 g/mol. The Morgan fingerprint density at radius 2 is 2.07 bits per heavy atom. The summed E-state index contributed by atoms with van der Waals surface area (Å²) in [5.74, 6) is 0. The fraction of sp³-hybridized carbons (Fsp3) is 0.400. The largest absolute Gasteiger partial charge is 0.405 e. The van der Waals surface area contributed by atoms with E-state index < -0.39 is 12.7 Å². The van der Waals surface area contributed by atoms with Gasteiger partial charge in [-0.2, -0.15) is 13.2 Å². The second-order valence-electron chi connectivity index (χ2n) is 3.10. The molecule has 0 aliphatic heterocycles. The molecule has 1 aromatic rings. The molecule has 0 aliphatic carbocycles. The third kappa shape index (κ3) is 4.69. The summed E-state index contributed by atoms with van der Waals surface area (Å²) in [6.45, 7) is -0.634. The van der Waals surface area contributed by atoms with Gasteiger partial charge in [-0.1, -0.05) is 12.1 Å². The van der Waals surface area contributed by atoms with E-state index in [2.05, 4.69) is 5.32 Å². The Morgan fingerprint density at radius 3 is 2.67 bits per heavy atom. The molecular weight excluding hydrogens is 207 g/mol. The maximum absolute atomic E-state index is 11.9. The predicted octanol–water partition coefficient (Wildman–Crippen LogP) is 2.81. The van der Waals surface area contributed by atoms with Gasteiger partial charge in [-0.3, -0.25) is 0 Å². The maximum atomic E-state index is 11.9. The van der Waals surface area contributed by atoms with Crippen molar-refractivity contribution in [3.8, 4) is 0 Å². The van der Waals surface area contributed by atoms with Crippen LogP contribution in [0, 0.1) is 0 Å². The zero-order valence-corrected chi connectivity index (χ0v) is 8.27. The molecule has 0 amide bonds. The summed E-state index contributed by atoms with van der Waals surface area (Å²) in [6, 6.07) is 6.70. The van der Waals surface area contributed by atoms with Crippen molar-refractivity contribution < 1.29 is 17.9 Å². The van der Waals surface area contributed by atoms with Gasteiger partial charge in [0.25, 0.3) is 0 Å². The van der Waals surface area contributed by atoms with Crippen LogP contribution in [0.15, 0.2) is 24.3 Å². The average Bonchev–Trinajstić information content (AvgIpc) is 2.15. The van der Waals surface area contributed by atoms with Gasteiger partial charge in [-0.05, 0) is 17.7 Å². The maximum Gasteiger partial charge on any atom is 0.405 e. The van der Waals surface area contributed by atoms with Gasteiger partial charge in [0.1, 0.15) is 6.54 Å². The summed E-state index contributed by atoms with van der Waals surface area (Å²) in [5, 5.41) is 2.30. The quantitative estimate of drug-likeness (QED) is 0.840. The van der Waals surface area contributed by atoms with Crippen molar-refractivity contribution in [2.24, 2.45) is 0 Å². The molecule has 0 unspecified atom stereocenters. The molecule has 1 N–H and O–H groups in total. The predicted molar refractivity (Wildman–Crippen MR) is 51.7 cm³/mol. The molecule has 0 saturated heterocycles. The molecule has 1 aromatic carbocycles. The number of hydrogen-bond donors (Lipinski definition) is 1. The first-order valence-electron chi connectivity index (χ1n) is 4.40. The molecule has 0 aromatic heterocycles. The summed E-state index contributed by atoms with van der Waals surface area (Å²) < 4.78 is 40.6. The summed E-state index contributed by atoms with van der Waals surface area (Å²) in [4.78, 5) is 0. The SMILES string of the molecule is COCc1cccc(NCC(F)(F)F)c1. The lowest BCUT2D eigenvalue weighted by molar-refractivity contribution is -0.115. The fourth-order valence-electron chi connectivity index (χ4n) is 1.14. The van der Waals surface area contributed by atoms with E-state index in [-0.39, 0.29) is 0 Å². The highest BCUT2D eigenvalue weighted by atomic mass is 19.4. The number of nitrogens with one attached hydrogen (secondary N) is 1. The van der Waals surface area contributed by atoms with Crippen molar-refractivity contribution in [3.63, 3.8) is 0 Å². The second kappa shape index (κ2) is 5.02. The highest BCUT2D eigenvalue weighted by Crippen LogP contribution is 2.17.